The summed E-state index contributed by atoms with van der Waals surface area (Å²) in [6.45, 7) is 0. The molecule has 0 amide bonds. The summed E-state index contributed by atoms with van der Waals surface area (Å²) in [5.41, 5.74) is 12.5. The minimum absolute atomic E-state index is 0.846. The number of imidazole rings is 2. The predicted octanol–water partition coefficient (Wildman–Crippen LogP) is 10.5. The second kappa shape index (κ2) is 9.44. The molecule has 0 aliphatic rings. The summed E-state index contributed by atoms with van der Waals surface area (Å²) in [7, 11) is 0. The summed E-state index contributed by atoms with van der Waals surface area (Å²) in [5.74, 6) is 0.846. The minimum atomic E-state index is 0.846. The largest absolute Gasteiger partial charge is 0.456 e. The molecule has 0 spiro atoms. The van der Waals surface area contributed by atoms with E-state index in [2.05, 4.69) is 135 Å². The Morgan fingerprint density at radius 1 is 0.500 bits per heavy atom. The van der Waals surface area contributed by atoms with Crippen molar-refractivity contribution in [1.29, 1.82) is 0 Å². The first-order chi connectivity index (χ1) is 23.8. The van der Waals surface area contributed by atoms with Crippen LogP contribution in [0.25, 0.3) is 94.2 Å². The van der Waals surface area contributed by atoms with Gasteiger partial charge >= 0.3 is 0 Å². The Hall–Kier alpha value is -6.66. The number of nitrogens with zero attached hydrogens (tertiary/aromatic N) is 5. The topological polar surface area (TPSA) is 53.2 Å². The third-order valence-corrected chi connectivity index (χ3v) is 9.69. The van der Waals surface area contributed by atoms with Gasteiger partial charge in [0.15, 0.2) is 5.65 Å². The van der Waals surface area contributed by atoms with Crippen LogP contribution >= 0.6 is 0 Å². The van der Waals surface area contributed by atoms with Gasteiger partial charge in [-0.05, 0) is 83.9 Å². The van der Waals surface area contributed by atoms with Crippen LogP contribution in [0.5, 0.6) is 0 Å². The van der Waals surface area contributed by atoms with Gasteiger partial charge in [0, 0.05) is 33.4 Å². The number of rotatable bonds is 3. The van der Waals surface area contributed by atoms with Crippen LogP contribution in [-0.2, 0) is 0 Å². The summed E-state index contributed by atoms with van der Waals surface area (Å²) < 4.78 is 13.0. The monoisotopic (exact) mass is 615 g/mol. The average molecular weight is 616 g/mol. The van der Waals surface area contributed by atoms with Crippen LogP contribution in [0, 0.1) is 0 Å². The van der Waals surface area contributed by atoms with E-state index in [4.69, 9.17) is 14.4 Å². The molecule has 0 aliphatic heterocycles. The molecule has 0 fully saturated rings. The number of furan rings is 1. The van der Waals surface area contributed by atoms with Crippen molar-refractivity contribution in [2.75, 3.05) is 0 Å². The minimum Gasteiger partial charge on any atom is -0.456 e. The fourth-order valence-corrected chi connectivity index (χ4v) is 7.65. The molecule has 0 saturated heterocycles. The highest BCUT2D eigenvalue weighted by Crippen LogP contribution is 2.39. The lowest BCUT2D eigenvalue weighted by atomic mass is 10.0. The molecule has 224 valence electrons. The van der Waals surface area contributed by atoms with Crippen molar-refractivity contribution in [2.24, 2.45) is 0 Å². The van der Waals surface area contributed by atoms with Gasteiger partial charge in [-0.3, -0.25) is 8.97 Å². The zero-order valence-corrected chi connectivity index (χ0v) is 25.6. The van der Waals surface area contributed by atoms with Crippen LogP contribution in [0.1, 0.15) is 0 Å². The van der Waals surface area contributed by atoms with Gasteiger partial charge in [0.25, 0.3) is 0 Å². The van der Waals surface area contributed by atoms with Crippen LogP contribution in [0.4, 0.5) is 0 Å². The average Bonchev–Trinajstić information content (AvgIpc) is 3.88. The van der Waals surface area contributed by atoms with E-state index in [-0.39, 0.29) is 0 Å². The van der Waals surface area contributed by atoms with Crippen molar-refractivity contribution in [3.05, 3.63) is 152 Å². The fraction of sp³-hybridized carbons (Fsp3) is 0. The number of hydrogen-bond donors (Lipinski definition) is 0. The van der Waals surface area contributed by atoms with Crippen molar-refractivity contribution >= 4 is 71.7 Å². The SMILES string of the molecule is c1cc(-c2ccc3oc4ccccc4c3c2)cc(-n2c3ccccc3c3c(-n4c5ccccc5n5c6ncccc6nc45)cccc32)c1. The van der Waals surface area contributed by atoms with E-state index in [0.29, 0.717) is 0 Å². The summed E-state index contributed by atoms with van der Waals surface area (Å²) >= 11 is 0. The van der Waals surface area contributed by atoms with Gasteiger partial charge < -0.3 is 8.98 Å². The zero-order chi connectivity index (χ0) is 31.3. The molecular formula is C42H25N5O. The van der Waals surface area contributed by atoms with E-state index >= 15 is 0 Å². The number of fused-ring (bicyclic) bond motifs is 11. The molecule has 0 N–H and O–H groups in total. The van der Waals surface area contributed by atoms with Gasteiger partial charge in [-0.1, -0.05) is 72.8 Å². The predicted molar refractivity (Wildman–Crippen MR) is 194 cm³/mol. The van der Waals surface area contributed by atoms with Crippen LogP contribution in [0.15, 0.2) is 156 Å². The molecule has 48 heavy (non-hydrogen) atoms. The quantitative estimate of drug-likeness (QED) is 0.199. The smallest absolute Gasteiger partial charge is 0.221 e. The Morgan fingerprint density at radius 3 is 2.19 bits per heavy atom. The molecule has 5 aromatic heterocycles. The third kappa shape index (κ3) is 3.40. The van der Waals surface area contributed by atoms with Gasteiger partial charge in [-0.25, -0.2) is 9.97 Å². The summed E-state index contributed by atoms with van der Waals surface area (Å²) in [4.78, 5) is 9.83. The summed E-state index contributed by atoms with van der Waals surface area (Å²) in [5, 5.41) is 4.62. The molecule has 6 nitrogen and oxygen atoms in total. The highest BCUT2D eigenvalue weighted by Gasteiger charge is 2.22. The lowest BCUT2D eigenvalue weighted by molar-refractivity contribution is 0.669. The number of benzene rings is 6. The van der Waals surface area contributed by atoms with E-state index in [1.165, 1.54) is 10.8 Å². The number of pyridine rings is 1. The maximum absolute atomic E-state index is 6.12. The maximum Gasteiger partial charge on any atom is 0.221 e. The van der Waals surface area contributed by atoms with Crippen molar-refractivity contribution in [2.45, 2.75) is 0 Å². The molecule has 0 unspecified atom stereocenters. The molecule has 0 bridgehead atoms. The molecule has 6 aromatic carbocycles. The molecule has 0 aliphatic carbocycles. The van der Waals surface area contributed by atoms with Crippen LogP contribution in [-0.4, -0.2) is 23.5 Å². The van der Waals surface area contributed by atoms with Gasteiger partial charge in [0.05, 0.1) is 27.8 Å². The first-order valence-corrected chi connectivity index (χ1v) is 16.1. The van der Waals surface area contributed by atoms with E-state index < -0.39 is 0 Å². The normalized spacial score (nSPS) is 12.2. The number of hydrogen-bond acceptors (Lipinski definition) is 3. The first-order valence-electron chi connectivity index (χ1n) is 16.1. The van der Waals surface area contributed by atoms with Crippen molar-refractivity contribution < 1.29 is 4.42 Å². The van der Waals surface area contributed by atoms with Gasteiger partial charge in [0.1, 0.15) is 16.7 Å². The van der Waals surface area contributed by atoms with Crippen LogP contribution in [0.2, 0.25) is 0 Å². The molecule has 11 rings (SSSR count). The highest BCUT2D eigenvalue weighted by atomic mass is 16.3. The van der Waals surface area contributed by atoms with Gasteiger partial charge in [-0.15, -0.1) is 0 Å². The van der Waals surface area contributed by atoms with Gasteiger partial charge in [-0.2, -0.15) is 0 Å². The van der Waals surface area contributed by atoms with Crippen LogP contribution < -0.4 is 0 Å². The molecular weight excluding hydrogens is 590 g/mol. The Labute approximate surface area is 273 Å². The molecule has 0 atom stereocenters. The van der Waals surface area contributed by atoms with Crippen molar-refractivity contribution in [3.63, 3.8) is 0 Å². The highest BCUT2D eigenvalue weighted by molar-refractivity contribution is 6.14. The Bertz CT molecular complexity index is 3080. The molecule has 6 heteroatoms. The summed E-state index contributed by atoms with van der Waals surface area (Å²) in [6.07, 6.45) is 1.83. The second-order valence-corrected chi connectivity index (χ2v) is 12.3. The molecule has 11 aromatic rings. The second-order valence-electron chi connectivity index (χ2n) is 12.3. The lowest BCUT2D eigenvalue weighted by Gasteiger charge is -2.11. The number of para-hydroxylation sites is 4. The molecule has 5 heterocycles. The fourth-order valence-electron chi connectivity index (χ4n) is 7.65. The van der Waals surface area contributed by atoms with E-state index in [9.17, 15) is 0 Å². The Kier molecular flexibility index (Phi) is 5.02. The van der Waals surface area contributed by atoms with Crippen molar-refractivity contribution in [3.8, 4) is 22.5 Å². The Balaban J connectivity index is 1.17. The zero-order valence-electron chi connectivity index (χ0n) is 25.6. The van der Waals surface area contributed by atoms with Crippen molar-refractivity contribution in [1.82, 2.24) is 23.5 Å². The van der Waals surface area contributed by atoms with E-state index in [0.717, 1.165) is 83.4 Å². The maximum atomic E-state index is 6.12. The third-order valence-electron chi connectivity index (χ3n) is 9.69. The van der Waals surface area contributed by atoms with E-state index in [1.807, 2.05) is 30.5 Å². The standard InChI is InChI=1S/C42H25N5O/c1-3-15-33-30(13-1)40-36(18-8-19-37(40)46-34-16-4-5-17-35(34)47-41-32(44-42(46)47)14-9-23-43-41)45(33)28-11-7-10-26(24-28)27-21-22-39-31(25-27)29-12-2-6-20-38(29)48-39/h1-25H. The number of aromatic nitrogens is 5. The molecule has 0 saturated carbocycles. The van der Waals surface area contributed by atoms with E-state index in [1.54, 1.807) is 0 Å². The Morgan fingerprint density at radius 2 is 1.25 bits per heavy atom. The lowest BCUT2D eigenvalue weighted by Crippen LogP contribution is -1.97. The molecule has 0 radical (unpaired) electrons. The summed E-state index contributed by atoms with van der Waals surface area (Å²) in [6, 6.07) is 51.3. The first kappa shape index (κ1) is 25.5. The van der Waals surface area contributed by atoms with Gasteiger partial charge in [0.2, 0.25) is 5.78 Å². The van der Waals surface area contributed by atoms with Crippen LogP contribution in [0.3, 0.4) is 0 Å².